The molecule has 2 bridgehead atoms. The van der Waals surface area contributed by atoms with Gasteiger partial charge in [-0.2, -0.15) is 0 Å². The van der Waals surface area contributed by atoms with Gasteiger partial charge >= 0.3 is 0 Å². The zero-order valence-corrected chi connectivity index (χ0v) is 15.0. The lowest BCUT2D eigenvalue weighted by atomic mass is 9.70. The lowest BCUT2D eigenvalue weighted by molar-refractivity contribution is -0.0804. The standard InChI is InChI=1S/C19H35NO2/c1-14-6-5-9-20(11-14)12-16(21)13-22-17-10-15-7-8-19(17,4)18(15,2)3/h14-17,21H,5-13H2,1-4H3/t14-,15+,16+,17-,19+/m1/s1. The molecule has 128 valence electrons. The minimum Gasteiger partial charge on any atom is -0.389 e. The van der Waals surface area contributed by atoms with E-state index in [1.165, 1.54) is 32.1 Å². The van der Waals surface area contributed by atoms with Gasteiger partial charge in [0, 0.05) is 13.1 Å². The smallest absolute Gasteiger partial charge is 0.0900 e. The van der Waals surface area contributed by atoms with Crippen LogP contribution in [-0.4, -0.2) is 48.5 Å². The summed E-state index contributed by atoms with van der Waals surface area (Å²) in [6.45, 7) is 13.1. The van der Waals surface area contributed by atoms with Crippen LogP contribution < -0.4 is 0 Å². The Morgan fingerprint density at radius 1 is 1.27 bits per heavy atom. The van der Waals surface area contributed by atoms with Gasteiger partial charge in [-0.3, -0.25) is 0 Å². The average Bonchev–Trinajstić information content (AvgIpc) is 2.78. The van der Waals surface area contributed by atoms with E-state index >= 15 is 0 Å². The highest BCUT2D eigenvalue weighted by atomic mass is 16.5. The highest BCUT2D eigenvalue weighted by Gasteiger charge is 2.61. The van der Waals surface area contributed by atoms with Crippen molar-refractivity contribution in [2.24, 2.45) is 22.7 Å². The van der Waals surface area contributed by atoms with Crippen molar-refractivity contribution in [1.29, 1.82) is 0 Å². The molecular weight excluding hydrogens is 274 g/mol. The van der Waals surface area contributed by atoms with Crippen molar-refractivity contribution in [3.63, 3.8) is 0 Å². The summed E-state index contributed by atoms with van der Waals surface area (Å²) in [6.07, 6.45) is 6.45. The Morgan fingerprint density at radius 2 is 2.05 bits per heavy atom. The van der Waals surface area contributed by atoms with Gasteiger partial charge in [0.2, 0.25) is 0 Å². The molecule has 2 saturated carbocycles. The Morgan fingerprint density at radius 3 is 2.64 bits per heavy atom. The molecule has 0 aromatic rings. The van der Waals surface area contributed by atoms with Gasteiger partial charge < -0.3 is 14.7 Å². The monoisotopic (exact) mass is 309 g/mol. The fraction of sp³-hybridized carbons (Fsp3) is 1.00. The van der Waals surface area contributed by atoms with Gasteiger partial charge in [-0.1, -0.05) is 27.7 Å². The second-order valence-electron chi connectivity index (χ2n) is 9.09. The summed E-state index contributed by atoms with van der Waals surface area (Å²) in [5.74, 6) is 1.58. The zero-order chi connectivity index (χ0) is 16.0. The molecule has 22 heavy (non-hydrogen) atoms. The average molecular weight is 309 g/mol. The summed E-state index contributed by atoms with van der Waals surface area (Å²) in [6, 6.07) is 0. The van der Waals surface area contributed by atoms with Crippen molar-refractivity contribution in [2.75, 3.05) is 26.2 Å². The van der Waals surface area contributed by atoms with E-state index in [0.717, 1.165) is 31.5 Å². The Labute approximate surface area is 136 Å². The van der Waals surface area contributed by atoms with Gasteiger partial charge in [-0.05, 0) is 61.3 Å². The zero-order valence-electron chi connectivity index (χ0n) is 15.0. The van der Waals surface area contributed by atoms with Crippen molar-refractivity contribution in [1.82, 2.24) is 4.90 Å². The van der Waals surface area contributed by atoms with E-state index in [0.29, 0.717) is 23.5 Å². The first-order valence-corrected chi connectivity index (χ1v) is 9.35. The molecule has 1 aliphatic heterocycles. The van der Waals surface area contributed by atoms with Crippen LogP contribution in [0.25, 0.3) is 0 Å². The molecule has 0 aromatic carbocycles. The highest BCUT2D eigenvalue weighted by Crippen LogP contribution is 2.66. The lowest BCUT2D eigenvalue weighted by Gasteiger charge is -2.39. The van der Waals surface area contributed by atoms with Crippen LogP contribution >= 0.6 is 0 Å². The summed E-state index contributed by atoms with van der Waals surface area (Å²) in [4.78, 5) is 2.41. The molecule has 3 nitrogen and oxygen atoms in total. The molecule has 1 N–H and O–H groups in total. The van der Waals surface area contributed by atoms with Crippen molar-refractivity contribution < 1.29 is 9.84 Å². The maximum atomic E-state index is 10.4. The lowest BCUT2D eigenvalue weighted by Crippen LogP contribution is -2.43. The number of piperidine rings is 1. The van der Waals surface area contributed by atoms with Crippen LogP contribution in [0.2, 0.25) is 0 Å². The number of aliphatic hydroxyl groups is 1. The largest absolute Gasteiger partial charge is 0.389 e. The quantitative estimate of drug-likeness (QED) is 0.846. The maximum absolute atomic E-state index is 10.4. The molecule has 1 saturated heterocycles. The Bertz CT molecular complexity index is 397. The van der Waals surface area contributed by atoms with Gasteiger partial charge in [0.25, 0.3) is 0 Å². The number of fused-ring (bicyclic) bond motifs is 2. The predicted octanol–water partition coefficient (Wildman–Crippen LogP) is 3.31. The molecule has 0 spiro atoms. The van der Waals surface area contributed by atoms with Crippen molar-refractivity contribution >= 4 is 0 Å². The van der Waals surface area contributed by atoms with E-state index in [-0.39, 0.29) is 6.10 Å². The fourth-order valence-electron chi connectivity index (χ4n) is 5.41. The minimum atomic E-state index is -0.337. The molecule has 2 aliphatic carbocycles. The van der Waals surface area contributed by atoms with Crippen LogP contribution in [0.1, 0.15) is 59.8 Å². The molecule has 3 fully saturated rings. The van der Waals surface area contributed by atoms with Crippen LogP contribution in [0, 0.1) is 22.7 Å². The third kappa shape index (κ3) is 2.85. The molecule has 3 rings (SSSR count). The molecule has 3 heteroatoms. The number of hydrogen-bond donors (Lipinski definition) is 1. The van der Waals surface area contributed by atoms with Gasteiger partial charge in [0.05, 0.1) is 18.8 Å². The van der Waals surface area contributed by atoms with Crippen LogP contribution in [-0.2, 0) is 4.74 Å². The number of likely N-dealkylation sites (tertiary alicyclic amines) is 1. The van der Waals surface area contributed by atoms with Crippen LogP contribution in [0.4, 0.5) is 0 Å². The van der Waals surface area contributed by atoms with Crippen LogP contribution in [0.5, 0.6) is 0 Å². The minimum absolute atomic E-state index is 0.303. The Balaban J connectivity index is 1.47. The van der Waals surface area contributed by atoms with E-state index in [2.05, 4.69) is 32.6 Å². The van der Waals surface area contributed by atoms with Gasteiger partial charge in [-0.25, -0.2) is 0 Å². The van der Waals surface area contributed by atoms with Crippen LogP contribution in [0.15, 0.2) is 0 Å². The normalized spacial score (nSPS) is 42.7. The van der Waals surface area contributed by atoms with E-state index in [4.69, 9.17) is 4.74 Å². The molecule has 0 unspecified atom stereocenters. The first-order valence-electron chi connectivity index (χ1n) is 9.35. The van der Waals surface area contributed by atoms with E-state index < -0.39 is 0 Å². The number of β-amino-alcohol motifs (C(OH)–C–C–N with tert-alkyl or cyclic N) is 1. The third-order valence-electron chi connectivity index (χ3n) is 7.41. The molecule has 0 aromatic heterocycles. The maximum Gasteiger partial charge on any atom is 0.0900 e. The first-order chi connectivity index (χ1) is 10.3. The van der Waals surface area contributed by atoms with E-state index in [9.17, 15) is 5.11 Å². The summed E-state index contributed by atoms with van der Waals surface area (Å²) >= 11 is 0. The Kier molecular flexibility index (Phi) is 4.61. The summed E-state index contributed by atoms with van der Waals surface area (Å²) < 4.78 is 6.23. The van der Waals surface area contributed by atoms with Gasteiger partial charge in [0.15, 0.2) is 0 Å². The second kappa shape index (κ2) is 6.07. The van der Waals surface area contributed by atoms with Crippen molar-refractivity contribution in [2.45, 2.75) is 72.0 Å². The molecular formula is C19H35NO2. The predicted molar refractivity (Wildman–Crippen MR) is 89.8 cm³/mol. The molecule has 0 radical (unpaired) electrons. The number of ether oxygens (including phenoxy) is 1. The summed E-state index contributed by atoms with van der Waals surface area (Å²) in [7, 11) is 0. The third-order valence-corrected chi connectivity index (χ3v) is 7.41. The van der Waals surface area contributed by atoms with E-state index in [1.54, 1.807) is 0 Å². The van der Waals surface area contributed by atoms with Gasteiger partial charge in [0.1, 0.15) is 0 Å². The molecule has 1 heterocycles. The molecule has 0 amide bonds. The number of aliphatic hydroxyl groups excluding tert-OH is 1. The first kappa shape index (κ1) is 16.7. The number of hydrogen-bond acceptors (Lipinski definition) is 3. The van der Waals surface area contributed by atoms with Crippen molar-refractivity contribution in [3.8, 4) is 0 Å². The summed E-state index contributed by atoms with van der Waals surface area (Å²) in [5.41, 5.74) is 0.696. The molecule has 5 atom stereocenters. The molecule has 3 aliphatic rings. The van der Waals surface area contributed by atoms with E-state index in [1.807, 2.05) is 0 Å². The topological polar surface area (TPSA) is 32.7 Å². The van der Waals surface area contributed by atoms with Crippen molar-refractivity contribution in [3.05, 3.63) is 0 Å². The number of nitrogens with zero attached hydrogens (tertiary/aromatic N) is 1. The van der Waals surface area contributed by atoms with Gasteiger partial charge in [-0.15, -0.1) is 0 Å². The fourth-order valence-corrected chi connectivity index (χ4v) is 5.41. The Hall–Kier alpha value is -0.120. The second-order valence-corrected chi connectivity index (χ2v) is 9.09. The number of rotatable bonds is 5. The SMILES string of the molecule is C[C@@H]1CCCN(C[C@H](O)CO[C@@H]2C[C@@H]3CC[C@]2(C)C3(C)C)C1. The van der Waals surface area contributed by atoms with Crippen LogP contribution in [0.3, 0.4) is 0 Å². The highest BCUT2D eigenvalue weighted by molar-refractivity contribution is 5.11. The summed E-state index contributed by atoms with van der Waals surface area (Å²) in [5, 5.41) is 10.4.